The van der Waals surface area contributed by atoms with Crippen LogP contribution in [0.4, 0.5) is 9.39 Å². The Balaban J connectivity index is 2.05. The van der Waals surface area contributed by atoms with Gasteiger partial charge in [0.05, 0.1) is 6.61 Å². The number of nitrogens with one attached hydrogen (secondary N) is 1. The second-order valence-corrected chi connectivity index (χ2v) is 6.95. The molecule has 2 aromatic rings. The van der Waals surface area contributed by atoms with Gasteiger partial charge >= 0.3 is 5.97 Å². The molecular weight excluding hydrogens is 329 g/mol. The number of carbonyl (C=O) groups excluding carboxylic acids is 2. The van der Waals surface area contributed by atoms with Gasteiger partial charge in [0.15, 0.2) is 0 Å². The summed E-state index contributed by atoms with van der Waals surface area (Å²) in [5, 5.41) is 3.36. The summed E-state index contributed by atoms with van der Waals surface area (Å²) in [7, 11) is 0. The lowest BCUT2D eigenvalue weighted by atomic mass is 10.0. The van der Waals surface area contributed by atoms with E-state index >= 15 is 0 Å². The normalized spacial score (nSPS) is 13.6. The first kappa shape index (κ1) is 16.6. The van der Waals surface area contributed by atoms with Crippen molar-refractivity contribution >= 4 is 28.2 Å². The second kappa shape index (κ2) is 6.73. The molecule has 1 heterocycles. The highest BCUT2D eigenvalue weighted by molar-refractivity contribution is 7.17. The van der Waals surface area contributed by atoms with Crippen LogP contribution in [0.1, 0.15) is 35.0 Å². The van der Waals surface area contributed by atoms with E-state index < -0.39 is 5.97 Å². The first-order valence-electron chi connectivity index (χ1n) is 7.88. The number of ether oxygens (including phenoxy) is 1. The number of carbonyl (C=O) groups is 2. The molecule has 1 amide bonds. The SMILES string of the molecule is CCOC(=O)c1c(NC(=O)C2CC2)sc(C)c1-c1ccc(F)cc1. The number of hydrogen-bond donors (Lipinski definition) is 1. The van der Waals surface area contributed by atoms with Crippen molar-refractivity contribution in [2.24, 2.45) is 5.92 Å². The Morgan fingerprint density at radius 1 is 1.29 bits per heavy atom. The minimum atomic E-state index is -0.479. The fourth-order valence-electron chi connectivity index (χ4n) is 2.55. The zero-order valence-corrected chi connectivity index (χ0v) is 14.3. The van der Waals surface area contributed by atoms with Crippen molar-refractivity contribution in [3.63, 3.8) is 0 Å². The Bertz CT molecular complexity index is 778. The average molecular weight is 347 g/mol. The number of rotatable bonds is 5. The molecule has 24 heavy (non-hydrogen) atoms. The Labute approximate surface area is 143 Å². The lowest BCUT2D eigenvalue weighted by Crippen LogP contribution is -2.15. The number of esters is 1. The fraction of sp³-hybridized carbons (Fsp3) is 0.333. The Kier molecular flexibility index (Phi) is 4.66. The maximum absolute atomic E-state index is 13.2. The molecule has 4 nitrogen and oxygen atoms in total. The predicted octanol–water partition coefficient (Wildman–Crippen LogP) is 4.39. The third kappa shape index (κ3) is 3.33. The number of amides is 1. The Morgan fingerprint density at radius 2 is 1.96 bits per heavy atom. The van der Waals surface area contributed by atoms with Gasteiger partial charge in [0.2, 0.25) is 5.91 Å². The molecule has 1 aliphatic rings. The van der Waals surface area contributed by atoms with Gasteiger partial charge in [-0.25, -0.2) is 9.18 Å². The van der Waals surface area contributed by atoms with Gasteiger partial charge in [-0.1, -0.05) is 12.1 Å². The maximum Gasteiger partial charge on any atom is 0.341 e. The molecule has 0 bridgehead atoms. The molecule has 0 radical (unpaired) electrons. The van der Waals surface area contributed by atoms with Gasteiger partial charge in [0.25, 0.3) is 0 Å². The first-order chi connectivity index (χ1) is 11.5. The topological polar surface area (TPSA) is 55.4 Å². The van der Waals surface area contributed by atoms with Crippen molar-refractivity contribution in [2.45, 2.75) is 26.7 Å². The zero-order chi connectivity index (χ0) is 17.3. The van der Waals surface area contributed by atoms with E-state index in [1.54, 1.807) is 19.1 Å². The van der Waals surface area contributed by atoms with Crippen LogP contribution in [0.3, 0.4) is 0 Å². The van der Waals surface area contributed by atoms with E-state index in [9.17, 15) is 14.0 Å². The number of benzene rings is 1. The van der Waals surface area contributed by atoms with Crippen LogP contribution in [0.2, 0.25) is 0 Å². The van der Waals surface area contributed by atoms with Gasteiger partial charge in [-0.2, -0.15) is 0 Å². The van der Waals surface area contributed by atoms with Crippen molar-refractivity contribution in [3.8, 4) is 11.1 Å². The lowest BCUT2D eigenvalue weighted by molar-refractivity contribution is -0.117. The number of hydrogen-bond acceptors (Lipinski definition) is 4. The highest BCUT2D eigenvalue weighted by Gasteiger charge is 2.32. The molecule has 1 fully saturated rings. The smallest absolute Gasteiger partial charge is 0.341 e. The summed E-state index contributed by atoms with van der Waals surface area (Å²) >= 11 is 1.34. The number of thiophene rings is 1. The van der Waals surface area contributed by atoms with E-state index in [0.717, 1.165) is 23.3 Å². The third-order valence-electron chi connectivity index (χ3n) is 3.88. The molecule has 0 atom stereocenters. The van der Waals surface area contributed by atoms with Crippen LogP contribution in [0, 0.1) is 18.7 Å². The number of aryl methyl sites for hydroxylation is 1. The van der Waals surface area contributed by atoms with Crippen molar-refractivity contribution in [2.75, 3.05) is 11.9 Å². The molecule has 1 saturated carbocycles. The van der Waals surface area contributed by atoms with E-state index in [1.807, 2.05) is 6.92 Å². The summed E-state index contributed by atoms with van der Waals surface area (Å²) < 4.78 is 18.4. The summed E-state index contributed by atoms with van der Waals surface area (Å²) in [4.78, 5) is 25.4. The predicted molar refractivity (Wildman–Crippen MR) is 91.8 cm³/mol. The third-order valence-corrected chi connectivity index (χ3v) is 4.90. The van der Waals surface area contributed by atoms with Gasteiger partial charge in [0.1, 0.15) is 16.4 Å². The number of halogens is 1. The van der Waals surface area contributed by atoms with Gasteiger partial charge in [0, 0.05) is 16.4 Å². The Hall–Kier alpha value is -2.21. The molecular formula is C18H18FNO3S. The summed E-state index contributed by atoms with van der Waals surface area (Å²) in [5.41, 5.74) is 1.75. The summed E-state index contributed by atoms with van der Waals surface area (Å²) in [5.74, 6) is -0.844. The molecule has 1 aromatic carbocycles. The molecule has 0 spiro atoms. The minimum Gasteiger partial charge on any atom is -0.462 e. The molecule has 0 saturated heterocycles. The molecule has 0 aliphatic heterocycles. The van der Waals surface area contributed by atoms with Crippen molar-refractivity contribution in [1.29, 1.82) is 0 Å². The first-order valence-corrected chi connectivity index (χ1v) is 8.70. The van der Waals surface area contributed by atoms with Crippen LogP contribution >= 0.6 is 11.3 Å². The van der Waals surface area contributed by atoms with Crippen LogP contribution < -0.4 is 5.32 Å². The number of anilines is 1. The molecule has 1 aliphatic carbocycles. The summed E-state index contributed by atoms with van der Waals surface area (Å²) in [6, 6.07) is 5.95. The van der Waals surface area contributed by atoms with Crippen LogP contribution in [0.5, 0.6) is 0 Å². The highest BCUT2D eigenvalue weighted by Crippen LogP contribution is 2.41. The van der Waals surface area contributed by atoms with Crippen molar-refractivity contribution in [3.05, 3.63) is 40.5 Å². The summed E-state index contributed by atoms with van der Waals surface area (Å²) in [6.45, 7) is 3.85. The van der Waals surface area contributed by atoms with Crippen LogP contribution in [0.15, 0.2) is 24.3 Å². The van der Waals surface area contributed by atoms with E-state index in [0.29, 0.717) is 16.1 Å². The van der Waals surface area contributed by atoms with E-state index in [4.69, 9.17) is 4.74 Å². The van der Waals surface area contributed by atoms with Crippen molar-refractivity contribution < 1.29 is 18.7 Å². The Morgan fingerprint density at radius 3 is 2.54 bits per heavy atom. The minimum absolute atomic E-state index is 0.0386. The van der Waals surface area contributed by atoms with Crippen LogP contribution in [0.25, 0.3) is 11.1 Å². The van der Waals surface area contributed by atoms with Gasteiger partial charge in [-0.3, -0.25) is 4.79 Å². The monoisotopic (exact) mass is 347 g/mol. The van der Waals surface area contributed by atoms with Gasteiger partial charge in [-0.15, -0.1) is 11.3 Å². The fourth-order valence-corrected chi connectivity index (χ4v) is 3.62. The average Bonchev–Trinajstić information content (AvgIpc) is 3.33. The molecule has 1 aromatic heterocycles. The summed E-state index contributed by atoms with van der Waals surface area (Å²) in [6.07, 6.45) is 1.77. The second-order valence-electron chi connectivity index (χ2n) is 5.73. The molecule has 0 unspecified atom stereocenters. The van der Waals surface area contributed by atoms with E-state index in [2.05, 4.69) is 5.32 Å². The van der Waals surface area contributed by atoms with E-state index in [-0.39, 0.29) is 24.2 Å². The largest absolute Gasteiger partial charge is 0.462 e. The van der Waals surface area contributed by atoms with Gasteiger partial charge in [-0.05, 0) is 44.4 Å². The van der Waals surface area contributed by atoms with E-state index in [1.165, 1.54) is 23.5 Å². The molecule has 1 N–H and O–H groups in total. The lowest BCUT2D eigenvalue weighted by Gasteiger charge is -2.09. The molecule has 6 heteroatoms. The standard InChI is InChI=1S/C18H18FNO3S/c1-3-23-18(22)15-14(11-6-8-13(19)9-7-11)10(2)24-17(15)20-16(21)12-4-5-12/h6-9,12H,3-5H2,1-2H3,(H,20,21). The van der Waals surface area contributed by atoms with Crippen molar-refractivity contribution in [1.82, 2.24) is 0 Å². The zero-order valence-electron chi connectivity index (χ0n) is 13.5. The molecule has 3 rings (SSSR count). The maximum atomic E-state index is 13.2. The van der Waals surface area contributed by atoms with Crippen LogP contribution in [-0.2, 0) is 9.53 Å². The van der Waals surface area contributed by atoms with Gasteiger partial charge < -0.3 is 10.1 Å². The molecule has 126 valence electrons. The quantitative estimate of drug-likeness (QED) is 0.816. The highest BCUT2D eigenvalue weighted by atomic mass is 32.1. The van der Waals surface area contributed by atoms with Crippen LogP contribution in [-0.4, -0.2) is 18.5 Å².